The zero-order valence-corrected chi connectivity index (χ0v) is 10.7. The smallest absolute Gasteiger partial charge is 0.261 e. The number of aromatic hydroxyl groups is 1. The molecular formula is C14H18FNO2. The molecule has 0 aliphatic carbocycles. The number of benzene rings is 1. The first-order valence-electron chi connectivity index (χ1n) is 6.36. The summed E-state index contributed by atoms with van der Waals surface area (Å²) in [6.45, 7) is 3.98. The molecular weight excluding hydrogens is 233 g/mol. The normalized spacial score (nSPS) is 23.4. The molecule has 1 amide bonds. The molecule has 1 saturated heterocycles. The van der Waals surface area contributed by atoms with Gasteiger partial charge in [0.05, 0.1) is 0 Å². The molecule has 18 heavy (non-hydrogen) atoms. The fourth-order valence-electron chi connectivity index (χ4n) is 2.69. The summed E-state index contributed by atoms with van der Waals surface area (Å²) >= 11 is 0. The summed E-state index contributed by atoms with van der Waals surface area (Å²) in [6.07, 6.45) is 2.73. The third kappa shape index (κ3) is 2.07. The number of nitrogens with zero attached hydrogens (tertiary/aromatic N) is 1. The molecule has 1 heterocycles. The van der Waals surface area contributed by atoms with Crippen LogP contribution in [0.4, 0.5) is 4.39 Å². The number of hydrogen-bond acceptors (Lipinski definition) is 2. The minimum absolute atomic E-state index is 0.0986. The van der Waals surface area contributed by atoms with Crippen molar-refractivity contribution in [1.82, 2.24) is 4.90 Å². The Morgan fingerprint density at radius 2 is 2.22 bits per heavy atom. The van der Waals surface area contributed by atoms with Crippen molar-refractivity contribution >= 4 is 5.91 Å². The van der Waals surface area contributed by atoms with Gasteiger partial charge in [-0.05, 0) is 38.3 Å². The van der Waals surface area contributed by atoms with Gasteiger partial charge in [-0.15, -0.1) is 0 Å². The maximum atomic E-state index is 13.7. The molecule has 0 aromatic heterocycles. The van der Waals surface area contributed by atoms with Crippen molar-refractivity contribution in [2.75, 3.05) is 0 Å². The molecule has 1 fully saturated rings. The molecule has 2 unspecified atom stereocenters. The molecule has 4 heteroatoms. The summed E-state index contributed by atoms with van der Waals surface area (Å²) < 4.78 is 13.7. The fourth-order valence-corrected chi connectivity index (χ4v) is 2.69. The fraction of sp³-hybridized carbons (Fsp3) is 0.500. The maximum absolute atomic E-state index is 13.7. The summed E-state index contributed by atoms with van der Waals surface area (Å²) in [5.74, 6) is -1.34. The molecule has 1 aromatic carbocycles. The molecule has 1 N–H and O–H groups in total. The number of likely N-dealkylation sites (tertiary alicyclic amines) is 1. The molecule has 0 spiro atoms. The number of phenolic OH excluding ortho intramolecular Hbond substituents is 1. The Morgan fingerprint density at radius 1 is 1.50 bits per heavy atom. The van der Waals surface area contributed by atoms with E-state index in [1.165, 1.54) is 18.2 Å². The van der Waals surface area contributed by atoms with E-state index < -0.39 is 11.7 Å². The Labute approximate surface area is 106 Å². The van der Waals surface area contributed by atoms with Gasteiger partial charge < -0.3 is 10.0 Å². The van der Waals surface area contributed by atoms with Gasteiger partial charge in [0.2, 0.25) is 0 Å². The lowest BCUT2D eigenvalue weighted by Gasteiger charge is -2.28. The minimum atomic E-state index is -0.658. The summed E-state index contributed by atoms with van der Waals surface area (Å²) in [7, 11) is 0. The van der Waals surface area contributed by atoms with E-state index in [9.17, 15) is 14.3 Å². The maximum Gasteiger partial charge on any atom is 0.261 e. The van der Waals surface area contributed by atoms with E-state index in [0.717, 1.165) is 19.3 Å². The zero-order chi connectivity index (χ0) is 13.3. The van der Waals surface area contributed by atoms with Gasteiger partial charge in [-0.2, -0.15) is 0 Å². The molecule has 0 saturated carbocycles. The van der Waals surface area contributed by atoms with E-state index in [4.69, 9.17) is 0 Å². The number of amides is 1. The first-order chi connectivity index (χ1) is 8.56. The Kier molecular flexibility index (Phi) is 3.55. The van der Waals surface area contributed by atoms with Crippen LogP contribution in [0.15, 0.2) is 18.2 Å². The third-order valence-corrected chi connectivity index (χ3v) is 3.70. The van der Waals surface area contributed by atoms with Crippen LogP contribution in [-0.4, -0.2) is 28.0 Å². The van der Waals surface area contributed by atoms with E-state index in [0.29, 0.717) is 0 Å². The van der Waals surface area contributed by atoms with Crippen LogP contribution in [0, 0.1) is 5.82 Å². The lowest BCUT2D eigenvalue weighted by Crippen LogP contribution is -2.40. The Balaban J connectivity index is 2.36. The van der Waals surface area contributed by atoms with Gasteiger partial charge in [0.25, 0.3) is 5.91 Å². The van der Waals surface area contributed by atoms with Crippen molar-refractivity contribution in [1.29, 1.82) is 0 Å². The van der Waals surface area contributed by atoms with Crippen LogP contribution in [0.2, 0.25) is 0 Å². The van der Waals surface area contributed by atoms with E-state index in [-0.39, 0.29) is 23.4 Å². The van der Waals surface area contributed by atoms with Gasteiger partial charge in [0, 0.05) is 12.1 Å². The van der Waals surface area contributed by atoms with E-state index in [1.54, 1.807) is 4.90 Å². The highest BCUT2D eigenvalue weighted by molar-refractivity contribution is 5.97. The average Bonchev–Trinajstić information content (AvgIpc) is 2.70. The van der Waals surface area contributed by atoms with Crippen LogP contribution < -0.4 is 0 Å². The lowest BCUT2D eigenvalue weighted by molar-refractivity contribution is 0.0668. The highest BCUT2D eigenvalue weighted by atomic mass is 19.1. The Morgan fingerprint density at radius 3 is 2.83 bits per heavy atom. The van der Waals surface area contributed by atoms with E-state index in [1.807, 2.05) is 13.8 Å². The molecule has 3 nitrogen and oxygen atoms in total. The molecule has 0 radical (unpaired) electrons. The first-order valence-corrected chi connectivity index (χ1v) is 6.36. The van der Waals surface area contributed by atoms with Crippen LogP contribution in [-0.2, 0) is 0 Å². The highest BCUT2D eigenvalue weighted by Gasteiger charge is 2.35. The second-order valence-electron chi connectivity index (χ2n) is 4.83. The lowest BCUT2D eigenvalue weighted by atomic mass is 10.1. The molecule has 1 aliphatic rings. The second kappa shape index (κ2) is 4.96. The number of phenols is 1. The van der Waals surface area contributed by atoms with Crippen LogP contribution in [0.25, 0.3) is 0 Å². The summed E-state index contributed by atoms with van der Waals surface area (Å²) in [5.41, 5.74) is -0.204. The number of rotatable bonds is 2. The van der Waals surface area contributed by atoms with Gasteiger partial charge in [0.15, 0.2) is 0 Å². The molecule has 2 rings (SSSR count). The van der Waals surface area contributed by atoms with Gasteiger partial charge in [0.1, 0.15) is 17.1 Å². The molecule has 1 aliphatic heterocycles. The van der Waals surface area contributed by atoms with E-state index in [2.05, 4.69) is 0 Å². The van der Waals surface area contributed by atoms with Crippen LogP contribution >= 0.6 is 0 Å². The molecule has 2 atom stereocenters. The molecule has 0 bridgehead atoms. The molecule has 98 valence electrons. The number of halogens is 1. The molecule has 1 aromatic rings. The van der Waals surface area contributed by atoms with Crippen molar-refractivity contribution in [2.24, 2.45) is 0 Å². The van der Waals surface area contributed by atoms with Gasteiger partial charge in [-0.1, -0.05) is 13.0 Å². The zero-order valence-electron chi connectivity index (χ0n) is 10.7. The van der Waals surface area contributed by atoms with Crippen LogP contribution in [0.1, 0.15) is 43.5 Å². The average molecular weight is 251 g/mol. The van der Waals surface area contributed by atoms with Crippen LogP contribution in [0.5, 0.6) is 5.75 Å². The SMILES string of the molecule is CCC1CCC(C)N1C(=O)c1c(O)cccc1F. The number of carbonyl (C=O) groups excluding carboxylic acids is 1. The first kappa shape index (κ1) is 12.9. The predicted molar refractivity (Wildman–Crippen MR) is 67.0 cm³/mol. The number of carbonyl (C=O) groups is 1. The monoisotopic (exact) mass is 251 g/mol. The second-order valence-corrected chi connectivity index (χ2v) is 4.83. The summed E-state index contributed by atoms with van der Waals surface area (Å²) in [4.78, 5) is 14.1. The topological polar surface area (TPSA) is 40.5 Å². The van der Waals surface area contributed by atoms with E-state index >= 15 is 0 Å². The van der Waals surface area contributed by atoms with Crippen molar-refractivity contribution in [3.8, 4) is 5.75 Å². The van der Waals surface area contributed by atoms with Crippen molar-refractivity contribution in [3.05, 3.63) is 29.6 Å². The minimum Gasteiger partial charge on any atom is -0.507 e. The number of hydrogen-bond donors (Lipinski definition) is 1. The summed E-state index contributed by atoms with van der Waals surface area (Å²) in [6, 6.07) is 4.19. The quantitative estimate of drug-likeness (QED) is 0.878. The van der Waals surface area contributed by atoms with Crippen molar-refractivity contribution in [3.63, 3.8) is 0 Å². The Hall–Kier alpha value is -1.58. The third-order valence-electron chi connectivity index (χ3n) is 3.70. The standard InChI is InChI=1S/C14H18FNO2/c1-3-10-8-7-9(2)16(10)14(18)13-11(15)5-4-6-12(13)17/h4-6,9-10,17H,3,7-8H2,1-2H3. The van der Waals surface area contributed by atoms with Crippen LogP contribution in [0.3, 0.4) is 0 Å². The summed E-state index contributed by atoms with van der Waals surface area (Å²) in [5, 5.41) is 9.68. The Bertz CT molecular complexity index is 441. The van der Waals surface area contributed by atoms with Gasteiger partial charge in [-0.25, -0.2) is 4.39 Å². The van der Waals surface area contributed by atoms with Crippen molar-refractivity contribution < 1.29 is 14.3 Å². The largest absolute Gasteiger partial charge is 0.507 e. The van der Waals surface area contributed by atoms with Gasteiger partial charge in [-0.3, -0.25) is 4.79 Å². The van der Waals surface area contributed by atoms with Crippen molar-refractivity contribution in [2.45, 2.75) is 45.2 Å². The van der Waals surface area contributed by atoms with Gasteiger partial charge >= 0.3 is 0 Å². The highest BCUT2D eigenvalue weighted by Crippen LogP contribution is 2.30. The predicted octanol–water partition coefficient (Wildman–Crippen LogP) is 2.93.